The fraction of sp³-hybridized carbons (Fsp3) is 0.735. The molecule has 0 bridgehead atoms. The molecule has 50 heavy (non-hydrogen) atoms. The van der Waals surface area contributed by atoms with Gasteiger partial charge in [0.05, 0.1) is 177 Å². The lowest BCUT2D eigenvalue weighted by Crippen LogP contribution is -2.33. The first kappa shape index (κ1) is 43.6. The van der Waals surface area contributed by atoms with Crippen molar-refractivity contribution >= 4 is 17.8 Å². The Labute approximate surface area is 294 Å². The van der Waals surface area contributed by atoms with Crippen molar-refractivity contribution in [3.05, 3.63) is 35.4 Å². The highest BCUT2D eigenvalue weighted by molar-refractivity contribution is 6.21. The normalized spacial score (nSPS) is 12.6. The number of esters is 1. The second-order valence-corrected chi connectivity index (χ2v) is 10.4. The van der Waals surface area contributed by atoms with Gasteiger partial charge in [0.2, 0.25) is 0 Å². The second kappa shape index (κ2) is 31.2. The van der Waals surface area contributed by atoms with Gasteiger partial charge in [-0.15, -0.1) is 0 Å². The number of hydrogen-bond donors (Lipinski definition) is 0. The molecule has 16 heteroatoms. The Morgan fingerprint density at radius 1 is 0.440 bits per heavy atom. The van der Waals surface area contributed by atoms with E-state index in [4.69, 9.17) is 52.1 Å². The van der Waals surface area contributed by atoms with Crippen molar-refractivity contribution in [1.29, 1.82) is 0 Å². The SMILES string of the molecule is COC(=O)CCOCCOCCOCCOCCOCCOCCOCCOCCOCCOCCOCCN1C(=O)c2ccccc2C1=O. The lowest BCUT2D eigenvalue weighted by atomic mass is 10.1. The van der Waals surface area contributed by atoms with Gasteiger partial charge in [-0.05, 0) is 12.1 Å². The van der Waals surface area contributed by atoms with Crippen LogP contribution in [0, 0.1) is 0 Å². The van der Waals surface area contributed by atoms with Crippen LogP contribution in [-0.4, -0.2) is 182 Å². The van der Waals surface area contributed by atoms with Gasteiger partial charge in [0, 0.05) is 0 Å². The molecule has 1 aromatic carbocycles. The maximum Gasteiger partial charge on any atom is 0.307 e. The summed E-state index contributed by atoms with van der Waals surface area (Å²) in [5.41, 5.74) is 0.876. The molecule has 2 amide bonds. The molecule has 1 aliphatic heterocycles. The van der Waals surface area contributed by atoms with Gasteiger partial charge < -0.3 is 56.8 Å². The average molecular weight is 718 g/mol. The number of fused-ring (bicyclic) bond motifs is 1. The minimum atomic E-state index is -0.292. The van der Waals surface area contributed by atoms with Gasteiger partial charge in [-0.25, -0.2) is 0 Å². The Kier molecular flexibility index (Phi) is 27.1. The van der Waals surface area contributed by atoms with E-state index in [1.165, 1.54) is 12.0 Å². The van der Waals surface area contributed by atoms with Crippen LogP contribution in [0.1, 0.15) is 27.1 Å². The zero-order chi connectivity index (χ0) is 35.7. The highest BCUT2D eigenvalue weighted by atomic mass is 16.6. The van der Waals surface area contributed by atoms with Crippen LogP contribution in [0.15, 0.2) is 24.3 Å². The van der Waals surface area contributed by atoms with Crippen LogP contribution in [0.4, 0.5) is 0 Å². The minimum Gasteiger partial charge on any atom is -0.469 e. The summed E-state index contributed by atoms with van der Waals surface area (Å²) < 4.78 is 64.3. The Morgan fingerprint density at radius 2 is 0.700 bits per heavy atom. The van der Waals surface area contributed by atoms with E-state index >= 15 is 0 Å². The Bertz CT molecular complexity index is 980. The number of benzene rings is 1. The number of ether oxygens (including phenoxy) is 12. The van der Waals surface area contributed by atoms with E-state index in [0.717, 1.165) is 0 Å². The van der Waals surface area contributed by atoms with Crippen LogP contribution < -0.4 is 0 Å². The molecule has 0 radical (unpaired) electrons. The average Bonchev–Trinajstić information content (AvgIpc) is 3.37. The van der Waals surface area contributed by atoms with Gasteiger partial charge in [-0.1, -0.05) is 12.1 Å². The number of imide groups is 1. The number of carbonyl (C=O) groups is 3. The maximum absolute atomic E-state index is 12.3. The van der Waals surface area contributed by atoms with E-state index in [-0.39, 0.29) is 37.4 Å². The molecular formula is C34H55NO15. The molecule has 0 unspecified atom stereocenters. The first-order valence-electron chi connectivity index (χ1n) is 17.0. The van der Waals surface area contributed by atoms with Crippen molar-refractivity contribution in [2.45, 2.75) is 6.42 Å². The largest absolute Gasteiger partial charge is 0.469 e. The van der Waals surface area contributed by atoms with E-state index in [9.17, 15) is 14.4 Å². The first-order chi connectivity index (χ1) is 24.6. The Hall–Kier alpha value is -2.61. The maximum atomic E-state index is 12.3. The van der Waals surface area contributed by atoms with Gasteiger partial charge in [-0.2, -0.15) is 0 Å². The monoisotopic (exact) mass is 717 g/mol. The van der Waals surface area contributed by atoms with Crippen molar-refractivity contribution in [3.8, 4) is 0 Å². The molecule has 0 aliphatic carbocycles. The number of rotatable bonds is 36. The van der Waals surface area contributed by atoms with E-state index in [1.54, 1.807) is 24.3 Å². The van der Waals surface area contributed by atoms with Crippen LogP contribution in [0.3, 0.4) is 0 Å². The molecule has 286 valence electrons. The van der Waals surface area contributed by atoms with Gasteiger partial charge in [0.15, 0.2) is 0 Å². The molecule has 0 fully saturated rings. The second-order valence-electron chi connectivity index (χ2n) is 10.4. The van der Waals surface area contributed by atoms with Crippen LogP contribution in [0.25, 0.3) is 0 Å². The summed E-state index contributed by atoms with van der Waals surface area (Å²) >= 11 is 0. The van der Waals surface area contributed by atoms with Crippen LogP contribution in [0.5, 0.6) is 0 Å². The molecule has 0 aromatic heterocycles. The van der Waals surface area contributed by atoms with Crippen LogP contribution >= 0.6 is 0 Å². The highest BCUT2D eigenvalue weighted by Gasteiger charge is 2.34. The summed E-state index contributed by atoms with van der Waals surface area (Å²) in [6, 6.07) is 6.81. The predicted octanol–water partition coefficient (Wildman–Crippen LogP) is 1.03. The van der Waals surface area contributed by atoms with Crippen molar-refractivity contribution in [2.75, 3.05) is 159 Å². The predicted molar refractivity (Wildman–Crippen MR) is 177 cm³/mol. The summed E-state index contributed by atoms with van der Waals surface area (Å²) in [5.74, 6) is -0.855. The molecule has 0 saturated heterocycles. The molecule has 0 atom stereocenters. The third-order valence-electron chi connectivity index (χ3n) is 6.74. The molecular weight excluding hydrogens is 662 g/mol. The zero-order valence-electron chi connectivity index (χ0n) is 29.4. The van der Waals surface area contributed by atoms with E-state index in [0.29, 0.717) is 150 Å². The fourth-order valence-electron chi connectivity index (χ4n) is 4.16. The van der Waals surface area contributed by atoms with E-state index in [1.807, 2.05) is 0 Å². The smallest absolute Gasteiger partial charge is 0.307 e. The topological polar surface area (TPSA) is 165 Å². The van der Waals surface area contributed by atoms with Crippen molar-refractivity contribution in [1.82, 2.24) is 4.90 Å². The lowest BCUT2D eigenvalue weighted by molar-refractivity contribution is -0.141. The van der Waals surface area contributed by atoms with Gasteiger partial charge in [-0.3, -0.25) is 19.3 Å². The lowest BCUT2D eigenvalue weighted by Gasteiger charge is -2.13. The number of amides is 2. The molecule has 1 aromatic rings. The number of carbonyl (C=O) groups excluding carboxylic acids is 3. The highest BCUT2D eigenvalue weighted by Crippen LogP contribution is 2.21. The molecule has 1 heterocycles. The molecule has 1 aliphatic rings. The van der Waals surface area contributed by atoms with Crippen LogP contribution in [0.2, 0.25) is 0 Å². The van der Waals surface area contributed by atoms with Crippen molar-refractivity contribution in [3.63, 3.8) is 0 Å². The van der Waals surface area contributed by atoms with Crippen molar-refractivity contribution in [2.24, 2.45) is 0 Å². The molecule has 0 N–H and O–H groups in total. The first-order valence-corrected chi connectivity index (χ1v) is 17.0. The number of hydrogen-bond acceptors (Lipinski definition) is 15. The number of methoxy groups -OCH3 is 1. The molecule has 0 saturated carbocycles. The third-order valence-corrected chi connectivity index (χ3v) is 6.74. The Morgan fingerprint density at radius 3 is 0.980 bits per heavy atom. The Balaban J connectivity index is 1.17. The summed E-state index contributed by atoms with van der Waals surface area (Å²) in [5, 5.41) is 0. The standard InChI is InChI=1S/C34H55NO15/c1-39-32(36)6-8-40-10-12-42-14-16-44-18-20-46-22-24-48-26-28-50-29-27-49-25-23-47-21-19-45-17-15-43-13-11-41-9-7-35-33(37)30-4-2-3-5-31(30)34(35)38/h2-5H,6-29H2,1H3. The summed E-state index contributed by atoms with van der Waals surface area (Å²) in [7, 11) is 1.35. The molecule has 2 rings (SSSR count). The summed E-state index contributed by atoms with van der Waals surface area (Å²) in [6.45, 7) is 9.88. The quantitative estimate of drug-likeness (QED) is 0.0549. The van der Waals surface area contributed by atoms with Crippen LogP contribution in [-0.2, 0) is 61.6 Å². The van der Waals surface area contributed by atoms with E-state index < -0.39 is 0 Å². The molecule has 16 nitrogen and oxygen atoms in total. The van der Waals surface area contributed by atoms with Crippen molar-refractivity contribution < 1.29 is 71.2 Å². The zero-order valence-corrected chi connectivity index (χ0v) is 29.4. The fourth-order valence-corrected chi connectivity index (χ4v) is 4.16. The third kappa shape index (κ3) is 21.6. The number of nitrogens with zero attached hydrogens (tertiary/aromatic N) is 1. The summed E-state index contributed by atoms with van der Waals surface area (Å²) in [6.07, 6.45) is 0.238. The van der Waals surface area contributed by atoms with Gasteiger partial charge >= 0.3 is 5.97 Å². The van der Waals surface area contributed by atoms with Gasteiger partial charge in [0.1, 0.15) is 0 Å². The van der Waals surface area contributed by atoms with Gasteiger partial charge in [0.25, 0.3) is 11.8 Å². The van der Waals surface area contributed by atoms with E-state index in [2.05, 4.69) is 4.74 Å². The minimum absolute atomic E-state index is 0.210. The molecule has 0 spiro atoms. The summed E-state index contributed by atoms with van der Waals surface area (Å²) in [4.78, 5) is 36.7.